The lowest BCUT2D eigenvalue weighted by Crippen LogP contribution is -2.32. The summed E-state index contributed by atoms with van der Waals surface area (Å²) >= 11 is 1.02. The zero-order chi connectivity index (χ0) is 18.4. The van der Waals surface area contributed by atoms with Crippen molar-refractivity contribution in [2.24, 2.45) is 0 Å². The molecule has 0 spiro atoms. The fourth-order valence-corrected chi connectivity index (χ4v) is 3.08. The van der Waals surface area contributed by atoms with Gasteiger partial charge in [0.15, 0.2) is 5.57 Å². The number of hydrogen-bond donors (Lipinski definition) is 1. The Hall–Kier alpha value is -3.14. The molecule has 0 fully saturated rings. The number of ether oxygens (including phenoxy) is 1. The SMILES string of the molecule is C=CCOC(=O)/C(C#N)=c1\sc(=C=Cc2cnc(C)[nH]2)c(=O)n1CC. The van der Waals surface area contributed by atoms with E-state index < -0.39 is 5.97 Å². The van der Waals surface area contributed by atoms with Crippen molar-refractivity contribution in [2.75, 3.05) is 6.61 Å². The average molecular weight is 356 g/mol. The van der Waals surface area contributed by atoms with Crippen LogP contribution >= 0.6 is 11.3 Å². The molecule has 8 heteroatoms. The van der Waals surface area contributed by atoms with Gasteiger partial charge in [-0.05, 0) is 13.8 Å². The van der Waals surface area contributed by atoms with Gasteiger partial charge in [0.1, 0.15) is 27.7 Å². The molecule has 0 bridgehead atoms. The molecule has 0 aliphatic heterocycles. The number of rotatable bonds is 5. The number of nitriles is 1. The number of H-pyrrole nitrogens is 1. The maximum atomic E-state index is 12.5. The molecule has 0 atom stereocenters. The minimum absolute atomic E-state index is 0.0101. The summed E-state index contributed by atoms with van der Waals surface area (Å²) in [4.78, 5) is 31.6. The quantitative estimate of drug-likeness (QED) is 0.619. The minimum atomic E-state index is -0.787. The summed E-state index contributed by atoms with van der Waals surface area (Å²) in [5.41, 5.74) is 3.06. The predicted octanol–water partition coefficient (Wildman–Crippen LogP) is 0.457. The number of carbonyl (C=O) groups is 1. The van der Waals surface area contributed by atoms with Crippen LogP contribution in [0.2, 0.25) is 0 Å². The lowest BCUT2D eigenvalue weighted by Gasteiger charge is -2.00. The molecule has 1 N–H and O–H groups in total. The Morgan fingerprint density at radius 2 is 2.36 bits per heavy atom. The lowest BCUT2D eigenvalue weighted by molar-refractivity contribution is -0.135. The maximum absolute atomic E-state index is 12.5. The molecular formula is C17H16N4O3S. The predicted molar refractivity (Wildman–Crippen MR) is 94.9 cm³/mol. The standard InChI is InChI=1S/C17H16N4O3S/c1-4-8-24-17(23)13(9-18)16-21(5-2)15(22)14(25-16)7-6-12-10-19-11(3)20-12/h4,6,10H,1,5,8H2,2-3H3,(H,19,20)/b16-13-. The van der Waals surface area contributed by atoms with E-state index >= 15 is 0 Å². The van der Waals surface area contributed by atoms with Crippen molar-refractivity contribution in [3.8, 4) is 6.07 Å². The van der Waals surface area contributed by atoms with Crippen molar-refractivity contribution >= 4 is 34.7 Å². The lowest BCUT2D eigenvalue weighted by atomic mass is 10.3. The van der Waals surface area contributed by atoms with E-state index in [2.05, 4.69) is 22.3 Å². The molecule has 128 valence electrons. The van der Waals surface area contributed by atoms with Gasteiger partial charge in [-0.2, -0.15) is 5.26 Å². The highest BCUT2D eigenvalue weighted by molar-refractivity contribution is 7.07. The van der Waals surface area contributed by atoms with Crippen LogP contribution in [-0.4, -0.2) is 27.1 Å². The first-order chi connectivity index (χ1) is 12.0. The fourth-order valence-electron chi connectivity index (χ4n) is 2.02. The van der Waals surface area contributed by atoms with Gasteiger partial charge in [0.2, 0.25) is 0 Å². The molecule has 0 aliphatic carbocycles. The van der Waals surface area contributed by atoms with Crippen molar-refractivity contribution in [2.45, 2.75) is 20.4 Å². The molecule has 0 aliphatic rings. The van der Waals surface area contributed by atoms with Crippen molar-refractivity contribution < 1.29 is 9.53 Å². The number of imidazole rings is 1. The summed E-state index contributed by atoms with van der Waals surface area (Å²) in [6.45, 7) is 7.33. The van der Waals surface area contributed by atoms with Crippen LogP contribution in [0.25, 0.3) is 17.4 Å². The fraction of sp³-hybridized carbons (Fsp3) is 0.235. The highest BCUT2D eigenvalue weighted by Gasteiger charge is 2.16. The van der Waals surface area contributed by atoms with Crippen molar-refractivity contribution in [1.29, 1.82) is 5.26 Å². The molecular weight excluding hydrogens is 340 g/mol. The first-order valence-electron chi connectivity index (χ1n) is 7.42. The van der Waals surface area contributed by atoms with Gasteiger partial charge in [0.25, 0.3) is 5.56 Å². The molecule has 2 aromatic rings. The number of nitrogens with one attached hydrogen (secondary N) is 1. The third-order valence-electron chi connectivity index (χ3n) is 3.14. The van der Waals surface area contributed by atoms with Gasteiger partial charge in [-0.1, -0.05) is 18.4 Å². The van der Waals surface area contributed by atoms with E-state index in [0.29, 0.717) is 12.2 Å². The summed E-state index contributed by atoms with van der Waals surface area (Å²) in [6.07, 6.45) is 4.62. The Morgan fingerprint density at radius 3 is 2.92 bits per heavy atom. The molecule has 2 heterocycles. The number of thiazole rings is 1. The average Bonchev–Trinajstić information content (AvgIpc) is 3.15. The van der Waals surface area contributed by atoms with Gasteiger partial charge in [-0.3, -0.25) is 9.36 Å². The Kier molecular flexibility index (Phi) is 5.90. The van der Waals surface area contributed by atoms with Gasteiger partial charge < -0.3 is 9.72 Å². The summed E-state index contributed by atoms with van der Waals surface area (Å²) in [7, 11) is 0. The third kappa shape index (κ3) is 4.04. The normalized spacial score (nSPS) is 11.2. The maximum Gasteiger partial charge on any atom is 0.352 e. The molecule has 7 nitrogen and oxygen atoms in total. The van der Waals surface area contributed by atoms with Crippen LogP contribution in [0.5, 0.6) is 0 Å². The molecule has 0 saturated carbocycles. The van der Waals surface area contributed by atoms with Gasteiger partial charge in [-0.15, -0.1) is 11.3 Å². The highest BCUT2D eigenvalue weighted by Crippen LogP contribution is 1.98. The number of hydrogen-bond acceptors (Lipinski definition) is 6. The van der Waals surface area contributed by atoms with Gasteiger partial charge in [0.05, 0.1) is 11.9 Å². The van der Waals surface area contributed by atoms with Crippen LogP contribution in [0.15, 0.2) is 23.6 Å². The molecule has 0 unspecified atom stereocenters. The largest absolute Gasteiger partial charge is 0.457 e. The van der Waals surface area contributed by atoms with Crippen molar-refractivity contribution in [3.63, 3.8) is 0 Å². The second-order valence-corrected chi connectivity index (χ2v) is 5.87. The van der Waals surface area contributed by atoms with E-state index in [9.17, 15) is 14.9 Å². The van der Waals surface area contributed by atoms with E-state index in [1.807, 2.05) is 13.0 Å². The van der Waals surface area contributed by atoms with E-state index in [0.717, 1.165) is 17.2 Å². The second kappa shape index (κ2) is 8.11. The van der Waals surface area contributed by atoms with Gasteiger partial charge in [0, 0.05) is 12.6 Å². The molecule has 0 saturated heterocycles. The smallest absolute Gasteiger partial charge is 0.352 e. The zero-order valence-corrected chi connectivity index (χ0v) is 14.6. The molecule has 0 radical (unpaired) electrons. The number of aromatic nitrogens is 3. The monoisotopic (exact) mass is 356 g/mol. The molecule has 2 rings (SSSR count). The van der Waals surface area contributed by atoms with E-state index in [-0.39, 0.29) is 26.9 Å². The first-order valence-corrected chi connectivity index (χ1v) is 8.23. The van der Waals surface area contributed by atoms with Crippen LogP contribution in [0, 0.1) is 18.3 Å². The van der Waals surface area contributed by atoms with Crippen molar-refractivity contribution in [3.05, 3.63) is 49.9 Å². The van der Waals surface area contributed by atoms with Crippen LogP contribution in [0.4, 0.5) is 0 Å². The van der Waals surface area contributed by atoms with Gasteiger partial charge in [-0.25, -0.2) is 9.78 Å². The van der Waals surface area contributed by atoms with Crippen LogP contribution in [0.3, 0.4) is 0 Å². The first kappa shape index (κ1) is 18.2. The van der Waals surface area contributed by atoms with Crippen LogP contribution in [-0.2, 0) is 16.1 Å². The number of aryl methyl sites for hydroxylation is 1. The number of aromatic amines is 1. The summed E-state index contributed by atoms with van der Waals surface area (Å²) in [5, 5.41) is 9.32. The number of nitrogens with zero attached hydrogens (tertiary/aromatic N) is 3. The molecule has 0 aromatic carbocycles. The Bertz CT molecular complexity index is 1060. The minimum Gasteiger partial charge on any atom is -0.457 e. The second-order valence-electron chi connectivity index (χ2n) is 4.87. The van der Waals surface area contributed by atoms with E-state index in [1.54, 1.807) is 19.2 Å². The Morgan fingerprint density at radius 1 is 1.60 bits per heavy atom. The van der Waals surface area contributed by atoms with E-state index in [4.69, 9.17) is 4.74 Å². The molecule has 2 aromatic heterocycles. The summed E-state index contributed by atoms with van der Waals surface area (Å²) in [6, 6.07) is 1.82. The molecule has 0 amide bonds. The van der Waals surface area contributed by atoms with Gasteiger partial charge >= 0.3 is 5.97 Å². The Balaban J connectivity index is 2.69. The summed E-state index contributed by atoms with van der Waals surface area (Å²) in [5.74, 6) is -0.0403. The summed E-state index contributed by atoms with van der Waals surface area (Å²) < 4.78 is 6.80. The number of carbonyl (C=O) groups excluding carboxylic acids is 1. The molecule has 25 heavy (non-hydrogen) atoms. The van der Waals surface area contributed by atoms with E-state index in [1.165, 1.54) is 10.6 Å². The number of esters is 1. The third-order valence-corrected chi connectivity index (χ3v) is 4.26. The zero-order valence-electron chi connectivity index (χ0n) is 13.8. The highest BCUT2D eigenvalue weighted by atomic mass is 32.1. The van der Waals surface area contributed by atoms with Crippen LogP contribution < -0.4 is 14.8 Å². The van der Waals surface area contributed by atoms with Crippen LogP contribution in [0.1, 0.15) is 18.4 Å². The topological polar surface area (TPSA) is 101 Å². The van der Waals surface area contributed by atoms with Crippen molar-refractivity contribution in [1.82, 2.24) is 14.5 Å². The Labute approximate surface area is 147 Å².